The van der Waals surface area contributed by atoms with E-state index in [4.69, 9.17) is 14.2 Å². The molecule has 37 heavy (non-hydrogen) atoms. The number of hydrogen-bond donors (Lipinski definition) is 4. The summed E-state index contributed by atoms with van der Waals surface area (Å²) < 4.78 is 16.4. The Morgan fingerprint density at radius 1 is 1.27 bits per heavy atom. The molecule has 1 fully saturated rings. The molecule has 2 aromatic rings. The van der Waals surface area contributed by atoms with Gasteiger partial charge in [0.2, 0.25) is 0 Å². The summed E-state index contributed by atoms with van der Waals surface area (Å²) in [5, 5.41) is 23.0. The number of aliphatic imine (C=N–C) groups is 1. The molecule has 2 amide bonds. The molecule has 0 aliphatic heterocycles. The number of benzene rings is 1. The first kappa shape index (κ1) is 27.8. The highest BCUT2D eigenvalue weighted by atomic mass is 16.6. The first-order valence-electron chi connectivity index (χ1n) is 12.6. The van der Waals surface area contributed by atoms with E-state index in [9.17, 15) is 14.7 Å². The predicted octanol–water partition coefficient (Wildman–Crippen LogP) is 4.13. The van der Waals surface area contributed by atoms with Crippen LogP contribution >= 0.6 is 0 Å². The molecule has 0 radical (unpaired) electrons. The van der Waals surface area contributed by atoms with Gasteiger partial charge in [0.25, 0.3) is 5.91 Å². The van der Waals surface area contributed by atoms with Gasteiger partial charge in [0.1, 0.15) is 23.4 Å². The second kappa shape index (κ2) is 13.0. The highest BCUT2D eigenvalue weighted by Gasteiger charge is 2.30. The summed E-state index contributed by atoms with van der Waals surface area (Å²) in [6, 6.07) is 4.93. The van der Waals surface area contributed by atoms with Gasteiger partial charge in [0.05, 0.1) is 12.7 Å². The third-order valence-corrected chi connectivity index (χ3v) is 6.11. The lowest BCUT2D eigenvalue weighted by molar-refractivity contribution is -0.118. The third-order valence-electron chi connectivity index (χ3n) is 6.11. The van der Waals surface area contributed by atoms with Crippen LogP contribution in [0, 0.1) is 0 Å². The number of alkyl carbamates (subject to hydrolysis) is 1. The number of H-pyrrole nitrogens is 1. The number of methoxy groups -OCH3 is 1. The van der Waals surface area contributed by atoms with E-state index >= 15 is 0 Å². The number of phenolic OH excluding ortho intramolecular Hbond substituents is 1. The van der Waals surface area contributed by atoms with Gasteiger partial charge in [0, 0.05) is 48.1 Å². The molecule has 0 unspecified atom stereocenters. The molecule has 1 heterocycles. The molecule has 1 saturated carbocycles. The van der Waals surface area contributed by atoms with Crippen molar-refractivity contribution < 1.29 is 28.9 Å². The maximum Gasteiger partial charge on any atom is 0.407 e. The summed E-state index contributed by atoms with van der Waals surface area (Å²) in [7, 11) is 1.48. The van der Waals surface area contributed by atoms with Gasteiger partial charge < -0.3 is 30.0 Å². The van der Waals surface area contributed by atoms with Crippen molar-refractivity contribution in [3.05, 3.63) is 29.5 Å². The summed E-state index contributed by atoms with van der Waals surface area (Å²) in [5.41, 5.74) is 1.24. The van der Waals surface area contributed by atoms with Crippen LogP contribution in [0.4, 0.5) is 10.6 Å². The number of hydrogen-bond acceptors (Lipinski definition) is 8. The molecule has 0 saturated heterocycles. The lowest BCUT2D eigenvalue weighted by Gasteiger charge is -2.14. The zero-order valence-electron chi connectivity index (χ0n) is 22.0. The van der Waals surface area contributed by atoms with Crippen LogP contribution in [-0.2, 0) is 9.53 Å². The maximum atomic E-state index is 12.6. The average Bonchev–Trinajstić information content (AvgIpc) is 3.50. The standard InChI is InChI=1S/C26H37N5O6/c1-6-16(4)27-13-20-22(32)10-19(35-5)11-23(20)36-14-25(33)29-24-12-21(30-31-24)17-7-8-18(9-17)37-26(34)28-15(2)3/h10-13,15-18,32H,6-9,14H2,1-5H3,(H,28,34)(H2,29,30,31,33)/t16-,17+,18-/m1/s1. The molecule has 0 bridgehead atoms. The van der Waals surface area contributed by atoms with E-state index in [0.29, 0.717) is 23.6 Å². The molecule has 1 aromatic heterocycles. The zero-order chi connectivity index (χ0) is 26.9. The van der Waals surface area contributed by atoms with Gasteiger partial charge in [-0.1, -0.05) is 6.92 Å². The van der Waals surface area contributed by atoms with E-state index in [2.05, 4.69) is 25.8 Å². The lowest BCUT2D eigenvalue weighted by atomic mass is 10.0. The highest BCUT2D eigenvalue weighted by Crippen LogP contribution is 2.36. The average molecular weight is 516 g/mol. The van der Waals surface area contributed by atoms with Gasteiger partial charge in [-0.2, -0.15) is 5.10 Å². The number of aromatic nitrogens is 2. The SMILES string of the molecule is CC[C@@H](C)N=Cc1c(O)cc(OC)cc1OCC(=O)Nc1cc([C@H]2CC[C@@H](OC(=O)NC(C)C)C2)[nH]n1. The van der Waals surface area contributed by atoms with Gasteiger partial charge in [-0.3, -0.25) is 14.9 Å². The molecule has 11 heteroatoms. The van der Waals surface area contributed by atoms with Crippen molar-refractivity contribution in [3.63, 3.8) is 0 Å². The van der Waals surface area contributed by atoms with Crippen LogP contribution in [0.3, 0.4) is 0 Å². The second-order valence-electron chi connectivity index (χ2n) is 9.48. The summed E-state index contributed by atoms with van der Waals surface area (Å²) in [6.45, 7) is 7.44. The number of carbonyl (C=O) groups excluding carboxylic acids is 2. The molecular formula is C26H37N5O6. The Bertz CT molecular complexity index is 1100. The van der Waals surface area contributed by atoms with E-state index in [-0.39, 0.29) is 42.2 Å². The zero-order valence-corrected chi connectivity index (χ0v) is 22.0. The molecule has 0 spiro atoms. The number of anilines is 1. The lowest BCUT2D eigenvalue weighted by Crippen LogP contribution is -2.33. The topological polar surface area (TPSA) is 147 Å². The van der Waals surface area contributed by atoms with Crippen LogP contribution in [0.5, 0.6) is 17.2 Å². The van der Waals surface area contributed by atoms with Gasteiger partial charge in [-0.05, 0) is 46.5 Å². The smallest absolute Gasteiger partial charge is 0.407 e. The van der Waals surface area contributed by atoms with E-state index in [1.807, 2.05) is 27.7 Å². The predicted molar refractivity (Wildman–Crippen MR) is 140 cm³/mol. The Balaban J connectivity index is 1.56. The van der Waals surface area contributed by atoms with Crippen molar-refractivity contribution in [3.8, 4) is 17.2 Å². The van der Waals surface area contributed by atoms with Crippen LogP contribution in [0.1, 0.15) is 70.6 Å². The number of nitrogens with one attached hydrogen (secondary N) is 3. The minimum atomic E-state index is -0.414. The van der Waals surface area contributed by atoms with Crippen molar-refractivity contribution >= 4 is 24.0 Å². The molecular weight excluding hydrogens is 478 g/mol. The number of phenols is 1. The number of ether oxygens (including phenoxy) is 3. The van der Waals surface area contributed by atoms with Crippen LogP contribution < -0.4 is 20.1 Å². The van der Waals surface area contributed by atoms with E-state index in [1.165, 1.54) is 13.2 Å². The minimum Gasteiger partial charge on any atom is -0.507 e. The second-order valence-corrected chi connectivity index (χ2v) is 9.48. The molecule has 1 aliphatic rings. The Morgan fingerprint density at radius 2 is 2.05 bits per heavy atom. The van der Waals surface area contributed by atoms with Crippen molar-refractivity contribution in [2.75, 3.05) is 19.0 Å². The highest BCUT2D eigenvalue weighted by molar-refractivity contribution is 5.92. The molecule has 3 atom stereocenters. The van der Waals surface area contributed by atoms with Crippen molar-refractivity contribution in [1.82, 2.24) is 15.5 Å². The summed E-state index contributed by atoms with van der Waals surface area (Å²) in [6.07, 6.45) is 4.12. The Hall–Kier alpha value is -3.76. The number of rotatable bonds is 11. The first-order chi connectivity index (χ1) is 17.7. The van der Waals surface area contributed by atoms with Crippen LogP contribution in [0.2, 0.25) is 0 Å². The van der Waals surface area contributed by atoms with Gasteiger partial charge in [0.15, 0.2) is 12.4 Å². The Morgan fingerprint density at radius 3 is 2.76 bits per heavy atom. The van der Waals surface area contributed by atoms with E-state index in [1.54, 1.807) is 18.3 Å². The largest absolute Gasteiger partial charge is 0.507 e. The van der Waals surface area contributed by atoms with Crippen LogP contribution in [0.25, 0.3) is 0 Å². The Kier molecular flexibility index (Phi) is 9.76. The van der Waals surface area contributed by atoms with Gasteiger partial charge in [-0.15, -0.1) is 0 Å². The number of nitrogens with zero attached hydrogens (tertiary/aromatic N) is 2. The van der Waals surface area contributed by atoms with Crippen molar-refractivity contribution in [2.24, 2.45) is 4.99 Å². The fourth-order valence-corrected chi connectivity index (χ4v) is 3.94. The monoisotopic (exact) mass is 515 g/mol. The van der Waals surface area contributed by atoms with Crippen molar-refractivity contribution in [2.45, 2.75) is 77.5 Å². The molecule has 3 rings (SSSR count). The van der Waals surface area contributed by atoms with Crippen LogP contribution in [0.15, 0.2) is 23.2 Å². The molecule has 1 aliphatic carbocycles. The normalized spacial score (nSPS) is 18.1. The van der Waals surface area contributed by atoms with Gasteiger partial charge >= 0.3 is 6.09 Å². The minimum absolute atomic E-state index is 0.0199. The maximum absolute atomic E-state index is 12.6. The number of carbonyl (C=O) groups is 2. The molecule has 1 aromatic carbocycles. The number of aromatic amines is 1. The quantitative estimate of drug-likeness (QED) is 0.329. The van der Waals surface area contributed by atoms with Crippen molar-refractivity contribution in [1.29, 1.82) is 0 Å². The first-order valence-corrected chi connectivity index (χ1v) is 12.6. The van der Waals surface area contributed by atoms with E-state index in [0.717, 1.165) is 25.0 Å². The summed E-state index contributed by atoms with van der Waals surface area (Å²) in [5.74, 6) is 0.727. The molecule has 4 N–H and O–H groups in total. The summed E-state index contributed by atoms with van der Waals surface area (Å²) >= 11 is 0. The molecule has 11 nitrogen and oxygen atoms in total. The van der Waals surface area contributed by atoms with E-state index < -0.39 is 12.0 Å². The summed E-state index contributed by atoms with van der Waals surface area (Å²) in [4.78, 5) is 28.8. The van der Waals surface area contributed by atoms with Crippen LogP contribution in [-0.4, -0.2) is 65.4 Å². The molecule has 202 valence electrons. The van der Waals surface area contributed by atoms with Gasteiger partial charge in [-0.25, -0.2) is 4.79 Å². The number of amides is 2. The third kappa shape index (κ3) is 8.12. The number of aromatic hydroxyl groups is 1. The fraction of sp³-hybridized carbons (Fsp3) is 0.538. The fourth-order valence-electron chi connectivity index (χ4n) is 3.94. The Labute approximate surface area is 217 Å².